The van der Waals surface area contributed by atoms with Crippen LogP contribution in [0.15, 0.2) is 23.0 Å². The third-order valence-electron chi connectivity index (χ3n) is 5.72. The molecule has 0 saturated carbocycles. The molecular weight excluding hydrogens is 468 g/mol. The lowest BCUT2D eigenvalue weighted by molar-refractivity contribution is -0.135. The number of carbonyl (C=O) groups is 3. The van der Waals surface area contributed by atoms with E-state index < -0.39 is 23.6 Å². The van der Waals surface area contributed by atoms with Crippen molar-refractivity contribution in [2.24, 2.45) is 7.05 Å². The van der Waals surface area contributed by atoms with Gasteiger partial charge in [0, 0.05) is 26.6 Å². The highest BCUT2D eigenvalue weighted by Crippen LogP contribution is 2.24. The molecule has 1 saturated heterocycles. The van der Waals surface area contributed by atoms with Gasteiger partial charge in [-0.05, 0) is 57.7 Å². The molecule has 1 aromatic heterocycles. The molecule has 11 heteroatoms. The highest BCUT2D eigenvalue weighted by atomic mass is 16.6. The van der Waals surface area contributed by atoms with Crippen molar-refractivity contribution in [3.8, 4) is 0 Å². The molecule has 36 heavy (non-hydrogen) atoms. The van der Waals surface area contributed by atoms with E-state index in [9.17, 15) is 19.2 Å². The third-order valence-corrected chi connectivity index (χ3v) is 5.72. The van der Waals surface area contributed by atoms with E-state index in [1.807, 2.05) is 39.0 Å². The van der Waals surface area contributed by atoms with E-state index >= 15 is 0 Å². The summed E-state index contributed by atoms with van der Waals surface area (Å²) in [5, 5.41) is 4.95. The number of nitrogens with zero attached hydrogens (tertiary/aromatic N) is 2. The number of alkyl carbamates (subject to hydrolysis) is 1. The van der Waals surface area contributed by atoms with Crippen LogP contribution in [0.4, 0.5) is 4.79 Å². The predicted molar refractivity (Wildman–Crippen MR) is 133 cm³/mol. The summed E-state index contributed by atoms with van der Waals surface area (Å²) in [4.78, 5) is 48.2. The number of hydrogen-bond donors (Lipinski definition) is 2. The van der Waals surface area contributed by atoms with Gasteiger partial charge < -0.3 is 19.5 Å². The molecule has 11 nitrogen and oxygen atoms in total. The van der Waals surface area contributed by atoms with Crippen molar-refractivity contribution in [3.05, 3.63) is 34.2 Å². The Bertz CT molecular complexity index is 1150. The van der Waals surface area contributed by atoms with Gasteiger partial charge >= 0.3 is 11.8 Å². The topological polar surface area (TPSA) is 130 Å². The van der Waals surface area contributed by atoms with Crippen molar-refractivity contribution in [2.45, 2.75) is 58.1 Å². The van der Waals surface area contributed by atoms with Gasteiger partial charge in [0.05, 0.1) is 30.9 Å². The number of rotatable bonds is 11. The summed E-state index contributed by atoms with van der Waals surface area (Å²) in [6.07, 6.45) is 1.63. The van der Waals surface area contributed by atoms with Crippen LogP contribution in [0.3, 0.4) is 0 Å². The zero-order valence-corrected chi connectivity index (χ0v) is 21.4. The summed E-state index contributed by atoms with van der Waals surface area (Å²) in [6.45, 7) is 7.61. The molecule has 1 unspecified atom stereocenters. The van der Waals surface area contributed by atoms with Gasteiger partial charge in [0.1, 0.15) is 11.6 Å². The number of carbonyl (C=O) groups excluding carboxylic acids is 3. The van der Waals surface area contributed by atoms with Crippen LogP contribution in [0.2, 0.25) is 0 Å². The number of aromatic nitrogens is 2. The summed E-state index contributed by atoms with van der Waals surface area (Å²) >= 11 is 0. The Morgan fingerprint density at radius 3 is 2.50 bits per heavy atom. The number of aryl methyl sites for hydroxylation is 2. The minimum absolute atomic E-state index is 0.214. The van der Waals surface area contributed by atoms with E-state index in [1.165, 1.54) is 9.13 Å². The third kappa shape index (κ3) is 7.41. The van der Waals surface area contributed by atoms with Crippen LogP contribution in [-0.2, 0) is 37.3 Å². The lowest BCUT2D eigenvalue weighted by Crippen LogP contribution is -2.44. The van der Waals surface area contributed by atoms with Crippen LogP contribution < -0.4 is 16.3 Å². The molecule has 198 valence electrons. The van der Waals surface area contributed by atoms with Gasteiger partial charge in [0.15, 0.2) is 0 Å². The number of fused-ring (bicyclic) bond motifs is 1. The van der Waals surface area contributed by atoms with Crippen molar-refractivity contribution in [2.75, 3.05) is 33.0 Å². The fraction of sp³-hybridized carbons (Fsp3) is 0.600. The number of nitrogens with one attached hydrogen (secondary N) is 2. The molecule has 1 aliphatic heterocycles. The van der Waals surface area contributed by atoms with Gasteiger partial charge in [-0.1, -0.05) is 6.07 Å². The van der Waals surface area contributed by atoms with Crippen LogP contribution in [0.5, 0.6) is 0 Å². The number of imidazole rings is 1. The maximum atomic E-state index is 12.8. The lowest BCUT2D eigenvalue weighted by atomic mass is 10.1. The van der Waals surface area contributed by atoms with E-state index in [1.54, 1.807) is 7.05 Å². The Labute approximate surface area is 210 Å². The van der Waals surface area contributed by atoms with E-state index in [4.69, 9.17) is 14.2 Å². The van der Waals surface area contributed by atoms with Crippen molar-refractivity contribution in [1.82, 2.24) is 19.8 Å². The van der Waals surface area contributed by atoms with Crippen molar-refractivity contribution >= 4 is 28.9 Å². The number of imide groups is 1. The minimum Gasteiger partial charge on any atom is -0.444 e. The number of ether oxygens (including phenoxy) is 3. The van der Waals surface area contributed by atoms with Gasteiger partial charge in [-0.25, -0.2) is 9.59 Å². The zero-order chi connectivity index (χ0) is 26.3. The van der Waals surface area contributed by atoms with Crippen LogP contribution in [-0.4, -0.2) is 65.6 Å². The van der Waals surface area contributed by atoms with Crippen molar-refractivity contribution in [3.63, 3.8) is 0 Å². The monoisotopic (exact) mass is 504 g/mol. The lowest BCUT2D eigenvalue weighted by Gasteiger charge is -2.21. The number of piperidine rings is 1. The molecule has 1 aromatic carbocycles. The van der Waals surface area contributed by atoms with E-state index in [-0.39, 0.29) is 18.0 Å². The maximum Gasteiger partial charge on any atom is 0.407 e. The minimum atomic E-state index is -0.687. The summed E-state index contributed by atoms with van der Waals surface area (Å²) in [5.41, 5.74) is 1.68. The summed E-state index contributed by atoms with van der Waals surface area (Å²) in [6, 6.07) is 5.08. The summed E-state index contributed by atoms with van der Waals surface area (Å²) in [5.74, 6) is -0.749. The Hall–Kier alpha value is -3.18. The molecule has 0 bridgehead atoms. The van der Waals surface area contributed by atoms with E-state index in [0.717, 1.165) is 23.9 Å². The van der Waals surface area contributed by atoms with Gasteiger partial charge in [0.25, 0.3) is 0 Å². The quantitative estimate of drug-likeness (QED) is 0.353. The SMILES string of the molecule is Cn1c(=O)n(C2CCC(=O)NC2=O)c2ccc(CCCOCCOCCNC(=O)OC(C)(C)C)cc21. The Balaban J connectivity index is 1.39. The van der Waals surface area contributed by atoms with Crippen LogP contribution in [0.25, 0.3) is 11.0 Å². The highest BCUT2D eigenvalue weighted by Gasteiger charge is 2.31. The number of benzene rings is 1. The molecule has 2 heterocycles. The first-order valence-corrected chi connectivity index (χ1v) is 12.2. The van der Waals surface area contributed by atoms with Gasteiger partial charge in [-0.3, -0.25) is 24.0 Å². The molecular formula is C25H36N4O7. The first kappa shape index (κ1) is 27.4. The fourth-order valence-corrected chi connectivity index (χ4v) is 4.03. The Morgan fingerprint density at radius 2 is 1.81 bits per heavy atom. The van der Waals surface area contributed by atoms with Crippen LogP contribution >= 0.6 is 0 Å². The molecule has 1 atom stereocenters. The van der Waals surface area contributed by atoms with Gasteiger partial charge in [-0.2, -0.15) is 0 Å². The zero-order valence-electron chi connectivity index (χ0n) is 21.4. The molecule has 3 amide bonds. The summed E-state index contributed by atoms with van der Waals surface area (Å²) < 4.78 is 19.2. The molecule has 2 N–H and O–H groups in total. The summed E-state index contributed by atoms with van der Waals surface area (Å²) in [7, 11) is 1.68. The molecule has 2 aromatic rings. The molecule has 1 fully saturated rings. The molecule has 0 aliphatic carbocycles. The fourth-order valence-electron chi connectivity index (χ4n) is 4.03. The van der Waals surface area contributed by atoms with Crippen molar-refractivity contribution in [1.29, 1.82) is 0 Å². The number of hydrogen-bond acceptors (Lipinski definition) is 7. The van der Waals surface area contributed by atoms with Gasteiger partial charge in [0.2, 0.25) is 11.8 Å². The Kier molecular flexibility index (Phi) is 9.27. The van der Waals surface area contributed by atoms with Crippen LogP contribution in [0.1, 0.15) is 51.6 Å². The number of amides is 3. The molecule has 3 rings (SSSR count). The first-order valence-electron chi connectivity index (χ1n) is 12.2. The average molecular weight is 505 g/mol. The molecule has 0 spiro atoms. The maximum absolute atomic E-state index is 12.8. The van der Waals surface area contributed by atoms with Crippen molar-refractivity contribution < 1.29 is 28.6 Å². The predicted octanol–water partition coefficient (Wildman–Crippen LogP) is 1.81. The second-order valence-corrected chi connectivity index (χ2v) is 9.76. The highest BCUT2D eigenvalue weighted by molar-refractivity contribution is 6.00. The second kappa shape index (κ2) is 12.2. The first-order chi connectivity index (χ1) is 17.1. The van der Waals surface area contributed by atoms with Gasteiger partial charge in [-0.15, -0.1) is 0 Å². The van der Waals surface area contributed by atoms with Crippen LogP contribution in [0, 0.1) is 0 Å². The average Bonchev–Trinajstić information content (AvgIpc) is 3.04. The van der Waals surface area contributed by atoms with E-state index in [2.05, 4.69) is 10.6 Å². The largest absolute Gasteiger partial charge is 0.444 e. The smallest absolute Gasteiger partial charge is 0.407 e. The standard InChI is InChI=1S/C25H36N4O7/c1-25(2,3)36-23(32)26-11-13-35-15-14-34-12-5-6-17-7-8-18-20(16-17)28(4)24(33)29(18)19-9-10-21(30)27-22(19)31/h7-8,16,19H,5-6,9-15H2,1-4H3,(H,26,32)(H,27,30,31). The Morgan fingerprint density at radius 1 is 1.08 bits per heavy atom. The molecule has 0 radical (unpaired) electrons. The normalized spacial score (nSPS) is 16.3. The second-order valence-electron chi connectivity index (χ2n) is 9.76. The van der Waals surface area contributed by atoms with E-state index in [0.29, 0.717) is 44.9 Å². The molecule has 1 aliphatic rings.